The van der Waals surface area contributed by atoms with Gasteiger partial charge in [0.15, 0.2) is 0 Å². The molecule has 0 aliphatic rings. The third-order valence-corrected chi connectivity index (χ3v) is 9.06. The van der Waals surface area contributed by atoms with E-state index in [1.807, 2.05) is 6.07 Å². The van der Waals surface area contributed by atoms with Crippen LogP contribution in [0.15, 0.2) is 170 Å². The van der Waals surface area contributed by atoms with Crippen LogP contribution in [0.3, 0.4) is 0 Å². The fourth-order valence-electron chi connectivity index (χ4n) is 6.79. The van der Waals surface area contributed by atoms with Crippen molar-refractivity contribution in [1.82, 2.24) is 9.97 Å². The average molecular weight is 585 g/mol. The van der Waals surface area contributed by atoms with Crippen molar-refractivity contribution in [2.75, 3.05) is 0 Å². The molecule has 46 heavy (non-hydrogen) atoms. The Morgan fingerprint density at radius 1 is 0.283 bits per heavy atom. The molecule has 0 saturated carbocycles. The summed E-state index contributed by atoms with van der Waals surface area (Å²) in [4.78, 5) is 10.4. The largest absolute Gasteiger partial charge is 0.245 e. The van der Waals surface area contributed by atoms with Crippen molar-refractivity contribution >= 4 is 43.4 Å². The Bertz CT molecular complexity index is 2580. The van der Waals surface area contributed by atoms with Gasteiger partial charge in [0.25, 0.3) is 0 Å². The monoisotopic (exact) mass is 584 g/mol. The minimum atomic E-state index is 0.920. The van der Waals surface area contributed by atoms with E-state index in [4.69, 9.17) is 9.97 Å². The maximum atomic E-state index is 5.28. The van der Waals surface area contributed by atoms with Gasteiger partial charge >= 0.3 is 0 Å². The van der Waals surface area contributed by atoms with Crippen LogP contribution in [0, 0.1) is 0 Å². The minimum absolute atomic E-state index is 0.920. The number of fused-ring (bicyclic) bond motifs is 5. The van der Waals surface area contributed by atoms with Gasteiger partial charge in [-0.15, -0.1) is 0 Å². The summed E-state index contributed by atoms with van der Waals surface area (Å²) in [6, 6.07) is 60.4. The molecule has 0 aliphatic carbocycles. The van der Waals surface area contributed by atoms with Gasteiger partial charge in [0.05, 0.1) is 22.4 Å². The zero-order valence-electron chi connectivity index (χ0n) is 25.1. The summed E-state index contributed by atoms with van der Waals surface area (Å²) in [6.45, 7) is 0. The van der Waals surface area contributed by atoms with Crippen molar-refractivity contribution in [3.63, 3.8) is 0 Å². The highest BCUT2D eigenvalue weighted by Gasteiger charge is 2.14. The molecule has 2 heteroatoms. The third kappa shape index (κ3) is 4.43. The second-order valence-corrected chi connectivity index (χ2v) is 11.8. The summed E-state index contributed by atoms with van der Waals surface area (Å²) < 4.78 is 0. The van der Waals surface area contributed by atoms with E-state index in [0.717, 1.165) is 44.3 Å². The maximum Gasteiger partial charge on any atom is 0.0972 e. The molecule has 0 bridgehead atoms. The molecule has 9 rings (SSSR count). The van der Waals surface area contributed by atoms with E-state index < -0.39 is 0 Å². The molecule has 0 amide bonds. The number of hydrogen-bond donors (Lipinski definition) is 0. The molecule has 2 heterocycles. The molecule has 0 N–H and O–H groups in total. The average Bonchev–Trinajstić information content (AvgIpc) is 3.14. The fraction of sp³-hybridized carbons (Fsp3) is 0. The van der Waals surface area contributed by atoms with Gasteiger partial charge in [0.1, 0.15) is 0 Å². The Labute approximate surface area is 267 Å². The van der Waals surface area contributed by atoms with Crippen molar-refractivity contribution in [2.24, 2.45) is 0 Å². The predicted molar refractivity (Wildman–Crippen MR) is 194 cm³/mol. The number of rotatable bonds is 4. The number of nitrogens with zero attached hydrogens (tertiary/aromatic N) is 2. The highest BCUT2D eigenvalue weighted by Crippen LogP contribution is 2.38. The van der Waals surface area contributed by atoms with Gasteiger partial charge in [0, 0.05) is 21.9 Å². The molecule has 0 atom stereocenters. The van der Waals surface area contributed by atoms with Crippen molar-refractivity contribution in [3.8, 4) is 44.8 Å². The SMILES string of the molecule is c1ccc(-c2ccc3ccc4ccc(-c5ccc(-c6cccc(-c7cccc8ccccc78)c6)c6ccccc56)nc4c3n2)cc1. The van der Waals surface area contributed by atoms with Crippen molar-refractivity contribution in [2.45, 2.75) is 0 Å². The maximum absolute atomic E-state index is 5.28. The van der Waals surface area contributed by atoms with Crippen molar-refractivity contribution in [1.29, 1.82) is 0 Å². The third-order valence-electron chi connectivity index (χ3n) is 9.06. The van der Waals surface area contributed by atoms with Crippen LogP contribution in [-0.4, -0.2) is 9.97 Å². The summed E-state index contributed by atoms with van der Waals surface area (Å²) in [6.07, 6.45) is 0. The lowest BCUT2D eigenvalue weighted by Gasteiger charge is -2.14. The van der Waals surface area contributed by atoms with Crippen LogP contribution in [-0.2, 0) is 0 Å². The van der Waals surface area contributed by atoms with Crippen LogP contribution in [0.25, 0.3) is 88.1 Å². The number of pyridine rings is 2. The first kappa shape index (κ1) is 26.3. The summed E-state index contributed by atoms with van der Waals surface area (Å²) in [7, 11) is 0. The van der Waals surface area contributed by atoms with E-state index in [-0.39, 0.29) is 0 Å². The lowest BCUT2D eigenvalue weighted by atomic mass is 9.91. The quantitative estimate of drug-likeness (QED) is 0.192. The number of aromatic nitrogens is 2. The van der Waals surface area contributed by atoms with Crippen molar-refractivity contribution in [3.05, 3.63) is 170 Å². The van der Waals surface area contributed by atoms with Crippen LogP contribution in [0.5, 0.6) is 0 Å². The van der Waals surface area contributed by atoms with Gasteiger partial charge in [-0.3, -0.25) is 0 Å². The van der Waals surface area contributed by atoms with E-state index >= 15 is 0 Å². The normalized spacial score (nSPS) is 11.5. The van der Waals surface area contributed by atoms with Crippen LogP contribution in [0.1, 0.15) is 0 Å². The van der Waals surface area contributed by atoms with Crippen molar-refractivity contribution < 1.29 is 0 Å². The van der Waals surface area contributed by atoms with Crippen LogP contribution in [0.4, 0.5) is 0 Å². The van der Waals surface area contributed by atoms with Crippen LogP contribution in [0.2, 0.25) is 0 Å². The lowest BCUT2D eigenvalue weighted by Crippen LogP contribution is -1.92. The topological polar surface area (TPSA) is 25.8 Å². The Morgan fingerprint density at radius 3 is 1.54 bits per heavy atom. The first-order valence-electron chi connectivity index (χ1n) is 15.7. The number of hydrogen-bond acceptors (Lipinski definition) is 2. The Hall–Kier alpha value is -6.12. The molecule has 0 radical (unpaired) electrons. The molecule has 2 nitrogen and oxygen atoms in total. The van der Waals surface area contributed by atoms with Crippen LogP contribution >= 0.6 is 0 Å². The smallest absolute Gasteiger partial charge is 0.0972 e. The molecular weight excluding hydrogens is 556 g/mol. The Kier molecular flexibility index (Phi) is 6.17. The van der Waals surface area contributed by atoms with Gasteiger partial charge in [-0.25, -0.2) is 9.97 Å². The van der Waals surface area contributed by atoms with E-state index in [9.17, 15) is 0 Å². The summed E-state index contributed by atoms with van der Waals surface area (Å²) in [5.41, 5.74) is 10.8. The Morgan fingerprint density at radius 2 is 0.783 bits per heavy atom. The summed E-state index contributed by atoms with van der Waals surface area (Å²) in [5, 5.41) is 7.08. The first-order chi connectivity index (χ1) is 22.8. The zero-order valence-corrected chi connectivity index (χ0v) is 25.1. The van der Waals surface area contributed by atoms with Gasteiger partial charge in [-0.05, 0) is 62.0 Å². The van der Waals surface area contributed by atoms with E-state index in [1.54, 1.807) is 0 Å². The number of benzene rings is 7. The molecule has 9 aromatic rings. The zero-order chi connectivity index (χ0) is 30.5. The fourth-order valence-corrected chi connectivity index (χ4v) is 6.79. The van der Waals surface area contributed by atoms with E-state index in [2.05, 4.69) is 164 Å². The van der Waals surface area contributed by atoms with E-state index in [0.29, 0.717) is 0 Å². The molecule has 0 unspecified atom stereocenters. The molecule has 0 fully saturated rings. The van der Waals surface area contributed by atoms with E-state index in [1.165, 1.54) is 43.8 Å². The lowest BCUT2D eigenvalue weighted by molar-refractivity contribution is 1.37. The first-order valence-corrected chi connectivity index (χ1v) is 15.7. The highest BCUT2D eigenvalue weighted by molar-refractivity contribution is 6.08. The minimum Gasteiger partial charge on any atom is -0.245 e. The predicted octanol–water partition coefficient (Wildman–Crippen LogP) is 11.8. The standard InChI is InChI=1S/C44H28N2/c1-2-11-30(12-3-1)41-26-22-31-20-21-32-23-27-42(46-44(32)43(31)45-41)40-25-24-37(38-17-6-7-18-39(38)40)34-15-8-14-33(28-34)36-19-9-13-29-10-4-5-16-35(29)36/h1-28H. The van der Waals surface area contributed by atoms with Gasteiger partial charge in [-0.2, -0.15) is 0 Å². The molecule has 7 aromatic carbocycles. The summed E-state index contributed by atoms with van der Waals surface area (Å²) in [5.74, 6) is 0. The molecule has 214 valence electrons. The molecule has 2 aromatic heterocycles. The molecule has 0 aliphatic heterocycles. The van der Waals surface area contributed by atoms with Gasteiger partial charge < -0.3 is 0 Å². The second kappa shape index (κ2) is 10.8. The van der Waals surface area contributed by atoms with Gasteiger partial charge in [0.2, 0.25) is 0 Å². The van der Waals surface area contributed by atoms with Crippen LogP contribution < -0.4 is 0 Å². The molecular formula is C44H28N2. The Balaban J connectivity index is 1.19. The van der Waals surface area contributed by atoms with Gasteiger partial charge in [-0.1, -0.05) is 152 Å². The summed E-state index contributed by atoms with van der Waals surface area (Å²) >= 11 is 0. The molecule has 0 saturated heterocycles. The molecule has 0 spiro atoms. The highest BCUT2D eigenvalue weighted by atomic mass is 14.8. The second-order valence-electron chi connectivity index (χ2n) is 11.8.